The van der Waals surface area contributed by atoms with Crippen molar-refractivity contribution in [1.29, 1.82) is 0 Å². The first kappa shape index (κ1) is 12.6. The number of aromatic nitrogens is 1. The maximum atomic E-state index is 12.0. The second-order valence-corrected chi connectivity index (χ2v) is 4.47. The van der Waals surface area contributed by atoms with Gasteiger partial charge in [-0.1, -0.05) is 30.6 Å². The fourth-order valence-electron chi connectivity index (χ4n) is 1.86. The second-order valence-electron chi connectivity index (χ2n) is 4.47. The molecular formula is C14H18N2O2. The van der Waals surface area contributed by atoms with Gasteiger partial charge in [-0.25, -0.2) is 0 Å². The molecule has 18 heavy (non-hydrogen) atoms. The Bertz CT molecular complexity index is 533. The van der Waals surface area contributed by atoms with E-state index in [9.17, 15) is 4.79 Å². The highest BCUT2D eigenvalue weighted by molar-refractivity contribution is 5.86. The first-order valence-corrected chi connectivity index (χ1v) is 6.29. The van der Waals surface area contributed by atoms with E-state index in [1.807, 2.05) is 31.3 Å². The molecule has 0 aliphatic carbocycles. The summed E-state index contributed by atoms with van der Waals surface area (Å²) in [7, 11) is 1.83. The Labute approximate surface area is 107 Å². The molecule has 2 rings (SSSR count). The standard InChI is InChI=1S/C14H18N2O2/c1-3-4-9-16(2)14(17)10-12-11-7-5-6-8-13(11)18-15-12/h5-8H,3-4,9-10H2,1-2H3. The fourth-order valence-corrected chi connectivity index (χ4v) is 1.86. The summed E-state index contributed by atoms with van der Waals surface area (Å²) >= 11 is 0. The molecule has 0 aliphatic rings. The van der Waals surface area contributed by atoms with Crippen molar-refractivity contribution in [2.75, 3.05) is 13.6 Å². The lowest BCUT2D eigenvalue weighted by Crippen LogP contribution is -2.29. The first-order valence-electron chi connectivity index (χ1n) is 6.29. The van der Waals surface area contributed by atoms with E-state index in [-0.39, 0.29) is 5.91 Å². The van der Waals surface area contributed by atoms with Crippen molar-refractivity contribution in [3.8, 4) is 0 Å². The van der Waals surface area contributed by atoms with Crippen LogP contribution in [0.25, 0.3) is 11.0 Å². The Morgan fingerprint density at radius 2 is 2.17 bits per heavy atom. The molecule has 96 valence electrons. The molecule has 4 nitrogen and oxygen atoms in total. The van der Waals surface area contributed by atoms with E-state index < -0.39 is 0 Å². The van der Waals surface area contributed by atoms with Gasteiger partial charge in [0.2, 0.25) is 5.91 Å². The number of hydrogen-bond donors (Lipinski definition) is 0. The van der Waals surface area contributed by atoms with Crippen molar-refractivity contribution in [3.05, 3.63) is 30.0 Å². The van der Waals surface area contributed by atoms with E-state index in [2.05, 4.69) is 12.1 Å². The molecule has 0 spiro atoms. The molecule has 4 heteroatoms. The molecule has 0 fully saturated rings. The molecule has 0 saturated heterocycles. The number of amides is 1. The first-order chi connectivity index (χ1) is 8.72. The highest BCUT2D eigenvalue weighted by Crippen LogP contribution is 2.18. The van der Waals surface area contributed by atoms with Gasteiger partial charge in [0.1, 0.15) is 5.69 Å². The molecule has 0 saturated carbocycles. The van der Waals surface area contributed by atoms with Gasteiger partial charge in [-0.05, 0) is 18.6 Å². The SMILES string of the molecule is CCCCN(C)C(=O)Cc1noc2ccccc12. The fraction of sp³-hybridized carbons (Fsp3) is 0.429. The van der Waals surface area contributed by atoms with E-state index in [1.54, 1.807) is 4.90 Å². The average Bonchev–Trinajstić information content (AvgIpc) is 2.79. The minimum Gasteiger partial charge on any atom is -0.356 e. The van der Waals surface area contributed by atoms with Crippen molar-refractivity contribution in [3.63, 3.8) is 0 Å². The monoisotopic (exact) mass is 246 g/mol. The van der Waals surface area contributed by atoms with Crippen molar-refractivity contribution in [2.45, 2.75) is 26.2 Å². The van der Waals surface area contributed by atoms with Gasteiger partial charge in [-0.2, -0.15) is 0 Å². The quantitative estimate of drug-likeness (QED) is 0.814. The van der Waals surface area contributed by atoms with Crippen LogP contribution in [0.2, 0.25) is 0 Å². The molecule has 1 aromatic carbocycles. The number of para-hydroxylation sites is 1. The van der Waals surface area contributed by atoms with Gasteiger partial charge in [-0.15, -0.1) is 0 Å². The number of fused-ring (bicyclic) bond motifs is 1. The highest BCUT2D eigenvalue weighted by Gasteiger charge is 2.14. The lowest BCUT2D eigenvalue weighted by atomic mass is 10.1. The molecular weight excluding hydrogens is 228 g/mol. The topological polar surface area (TPSA) is 46.3 Å². The lowest BCUT2D eigenvalue weighted by molar-refractivity contribution is -0.129. The van der Waals surface area contributed by atoms with Crippen LogP contribution in [-0.4, -0.2) is 29.6 Å². The van der Waals surface area contributed by atoms with Crippen LogP contribution in [0, 0.1) is 0 Å². The third kappa shape index (κ3) is 2.70. The van der Waals surface area contributed by atoms with Gasteiger partial charge in [0.05, 0.1) is 6.42 Å². The Morgan fingerprint density at radius 3 is 2.94 bits per heavy atom. The molecule has 2 aromatic rings. The molecule has 0 N–H and O–H groups in total. The van der Waals surface area contributed by atoms with Crippen molar-refractivity contribution < 1.29 is 9.32 Å². The van der Waals surface area contributed by atoms with Crippen LogP contribution >= 0.6 is 0 Å². The number of unbranched alkanes of at least 4 members (excludes halogenated alkanes) is 1. The predicted octanol–water partition coefficient (Wildman–Crippen LogP) is 2.63. The number of hydrogen-bond acceptors (Lipinski definition) is 3. The van der Waals surface area contributed by atoms with E-state index in [4.69, 9.17) is 4.52 Å². The van der Waals surface area contributed by atoms with Crippen LogP contribution in [-0.2, 0) is 11.2 Å². The molecule has 1 heterocycles. The molecule has 1 amide bonds. The molecule has 0 atom stereocenters. The maximum absolute atomic E-state index is 12.0. The van der Waals surface area contributed by atoms with Crippen LogP contribution in [0.5, 0.6) is 0 Å². The third-order valence-corrected chi connectivity index (χ3v) is 3.04. The molecule has 0 unspecified atom stereocenters. The lowest BCUT2D eigenvalue weighted by Gasteiger charge is -2.15. The second kappa shape index (κ2) is 5.67. The summed E-state index contributed by atoms with van der Waals surface area (Å²) in [5, 5.41) is 4.90. The number of carbonyl (C=O) groups excluding carboxylic acids is 1. The zero-order valence-corrected chi connectivity index (χ0v) is 10.8. The summed E-state index contributed by atoms with van der Waals surface area (Å²) in [6.45, 7) is 2.91. The van der Waals surface area contributed by atoms with Gasteiger partial charge >= 0.3 is 0 Å². The summed E-state index contributed by atoms with van der Waals surface area (Å²) in [5.74, 6) is 0.0857. The van der Waals surface area contributed by atoms with Crippen molar-refractivity contribution >= 4 is 16.9 Å². The summed E-state index contributed by atoms with van der Waals surface area (Å²) in [6, 6.07) is 7.61. The van der Waals surface area contributed by atoms with E-state index in [1.165, 1.54) is 0 Å². The van der Waals surface area contributed by atoms with E-state index >= 15 is 0 Å². The Hall–Kier alpha value is -1.84. The van der Waals surface area contributed by atoms with Gasteiger partial charge < -0.3 is 9.42 Å². The van der Waals surface area contributed by atoms with Gasteiger partial charge in [0, 0.05) is 19.0 Å². The van der Waals surface area contributed by atoms with E-state index in [0.717, 1.165) is 36.0 Å². The van der Waals surface area contributed by atoms with Crippen molar-refractivity contribution in [1.82, 2.24) is 10.1 Å². The molecule has 0 aliphatic heterocycles. The Kier molecular flexibility index (Phi) is 3.97. The molecule has 0 bridgehead atoms. The summed E-state index contributed by atoms with van der Waals surface area (Å²) in [6.07, 6.45) is 2.42. The number of likely N-dealkylation sites (N-methyl/N-ethyl adjacent to an activating group) is 1. The molecule has 0 radical (unpaired) electrons. The van der Waals surface area contributed by atoms with Crippen LogP contribution in [0.3, 0.4) is 0 Å². The Morgan fingerprint density at radius 1 is 1.39 bits per heavy atom. The van der Waals surface area contributed by atoms with Crippen LogP contribution in [0.4, 0.5) is 0 Å². The Balaban J connectivity index is 2.07. The summed E-state index contributed by atoms with van der Waals surface area (Å²) in [4.78, 5) is 13.8. The van der Waals surface area contributed by atoms with Gasteiger partial charge in [0.25, 0.3) is 0 Å². The zero-order valence-electron chi connectivity index (χ0n) is 10.8. The zero-order chi connectivity index (χ0) is 13.0. The number of benzene rings is 1. The minimum absolute atomic E-state index is 0.0857. The van der Waals surface area contributed by atoms with Crippen LogP contribution in [0.1, 0.15) is 25.5 Å². The predicted molar refractivity (Wildman–Crippen MR) is 70.3 cm³/mol. The summed E-state index contributed by atoms with van der Waals surface area (Å²) < 4.78 is 5.19. The van der Waals surface area contributed by atoms with Crippen LogP contribution < -0.4 is 0 Å². The molecule has 1 aromatic heterocycles. The largest absolute Gasteiger partial charge is 0.356 e. The average molecular weight is 246 g/mol. The normalized spacial score (nSPS) is 10.8. The van der Waals surface area contributed by atoms with E-state index in [0.29, 0.717) is 6.42 Å². The van der Waals surface area contributed by atoms with Gasteiger partial charge in [-0.3, -0.25) is 4.79 Å². The van der Waals surface area contributed by atoms with Gasteiger partial charge in [0.15, 0.2) is 5.58 Å². The summed E-state index contributed by atoms with van der Waals surface area (Å²) in [5.41, 5.74) is 1.45. The smallest absolute Gasteiger partial charge is 0.228 e. The third-order valence-electron chi connectivity index (χ3n) is 3.04. The number of carbonyl (C=O) groups is 1. The van der Waals surface area contributed by atoms with Crippen LogP contribution in [0.15, 0.2) is 28.8 Å². The minimum atomic E-state index is 0.0857. The highest BCUT2D eigenvalue weighted by atomic mass is 16.5. The number of rotatable bonds is 5. The maximum Gasteiger partial charge on any atom is 0.228 e. The van der Waals surface area contributed by atoms with Crippen molar-refractivity contribution in [2.24, 2.45) is 0 Å². The number of nitrogens with zero attached hydrogens (tertiary/aromatic N) is 2.